The van der Waals surface area contributed by atoms with Crippen LogP contribution in [0.2, 0.25) is 5.02 Å². The Morgan fingerprint density at radius 1 is 1.25 bits per heavy atom. The summed E-state index contributed by atoms with van der Waals surface area (Å²) in [6, 6.07) is 9.11. The molecule has 0 aliphatic rings. The number of hydrogen-bond donors (Lipinski definition) is 1. The molecular weight excluding hydrogens is 224 g/mol. The van der Waals surface area contributed by atoms with E-state index in [1.54, 1.807) is 24.5 Å². The first kappa shape index (κ1) is 10.4. The Kier molecular flexibility index (Phi) is 2.99. The summed E-state index contributed by atoms with van der Waals surface area (Å²) in [7, 11) is 0. The van der Waals surface area contributed by atoms with Gasteiger partial charge in [-0.15, -0.1) is 0 Å². The predicted octanol–water partition coefficient (Wildman–Crippen LogP) is 2.69. The van der Waals surface area contributed by atoms with Gasteiger partial charge in [0, 0.05) is 16.8 Å². The molecule has 0 unspecified atom stereocenters. The summed E-state index contributed by atoms with van der Waals surface area (Å²) >= 11 is 6.04. The van der Waals surface area contributed by atoms with Gasteiger partial charge >= 0.3 is 0 Å². The molecule has 1 heterocycles. The molecule has 0 radical (unpaired) electrons. The highest BCUT2D eigenvalue weighted by molar-refractivity contribution is 6.33. The van der Waals surface area contributed by atoms with E-state index in [-0.39, 0.29) is 5.95 Å². The maximum absolute atomic E-state index is 8.47. The van der Waals surface area contributed by atoms with Crippen molar-refractivity contribution in [1.82, 2.24) is 9.97 Å². The van der Waals surface area contributed by atoms with Gasteiger partial charge in [-0.1, -0.05) is 29.8 Å². The quantitative estimate of drug-likeness (QED) is 0.637. The monoisotopic (exact) mass is 230 g/mol. The van der Waals surface area contributed by atoms with Crippen LogP contribution < -0.4 is 5.32 Å². The summed E-state index contributed by atoms with van der Waals surface area (Å²) in [6.07, 6.45) is 3.34. The minimum atomic E-state index is 0.264. The van der Waals surface area contributed by atoms with Crippen molar-refractivity contribution >= 4 is 17.5 Å². The van der Waals surface area contributed by atoms with Crippen molar-refractivity contribution in [2.45, 2.75) is 0 Å². The highest BCUT2D eigenvalue weighted by Crippen LogP contribution is 2.25. The topological polar surface area (TPSA) is 61.6 Å². The highest BCUT2D eigenvalue weighted by Gasteiger charge is 2.05. The molecule has 0 saturated carbocycles. The fraction of sp³-hybridized carbons (Fsp3) is 0. The molecule has 1 aromatic carbocycles. The average Bonchev–Trinajstić information content (AvgIpc) is 2.30. The molecule has 0 amide bonds. The van der Waals surface area contributed by atoms with E-state index in [4.69, 9.17) is 16.9 Å². The summed E-state index contributed by atoms with van der Waals surface area (Å²) in [5.41, 5.74) is 1.49. The molecule has 0 fully saturated rings. The summed E-state index contributed by atoms with van der Waals surface area (Å²) in [5, 5.41) is 11.5. The van der Waals surface area contributed by atoms with Crippen LogP contribution in [0, 0.1) is 11.5 Å². The molecule has 78 valence electrons. The number of halogens is 1. The first-order chi connectivity index (χ1) is 7.81. The van der Waals surface area contributed by atoms with Crippen molar-refractivity contribution in [3.05, 3.63) is 41.6 Å². The third-order valence-electron chi connectivity index (χ3n) is 1.97. The molecule has 5 heteroatoms. The van der Waals surface area contributed by atoms with Crippen molar-refractivity contribution in [1.29, 1.82) is 5.26 Å². The van der Waals surface area contributed by atoms with Gasteiger partial charge in [-0.2, -0.15) is 5.26 Å². The number of rotatable bonds is 2. The molecule has 16 heavy (non-hydrogen) atoms. The van der Waals surface area contributed by atoms with Gasteiger partial charge < -0.3 is 0 Å². The summed E-state index contributed by atoms with van der Waals surface area (Å²) < 4.78 is 0. The molecule has 0 bridgehead atoms. The first-order valence-corrected chi connectivity index (χ1v) is 4.92. The molecule has 1 N–H and O–H groups in total. The van der Waals surface area contributed by atoms with Crippen LogP contribution in [0.1, 0.15) is 0 Å². The average molecular weight is 231 g/mol. The normalized spacial score (nSPS) is 9.50. The predicted molar refractivity (Wildman–Crippen MR) is 61.7 cm³/mol. The molecular formula is C11H7ClN4. The fourth-order valence-corrected chi connectivity index (χ4v) is 1.52. The molecule has 0 spiro atoms. The standard InChI is InChI=1S/C11H7ClN4/c12-9-4-2-1-3-8(9)10-5-6-14-11(16-10)15-7-13/h1-6H,(H,14,15,16). The molecule has 0 atom stereocenters. The number of hydrogen-bond acceptors (Lipinski definition) is 4. The van der Waals surface area contributed by atoms with Crippen molar-refractivity contribution in [2.24, 2.45) is 0 Å². The number of nitrogens with one attached hydrogen (secondary N) is 1. The van der Waals surface area contributed by atoms with Crippen LogP contribution in [0.3, 0.4) is 0 Å². The second-order valence-electron chi connectivity index (χ2n) is 2.98. The van der Waals surface area contributed by atoms with Gasteiger partial charge in [-0.25, -0.2) is 9.97 Å². The molecule has 0 aliphatic carbocycles. The van der Waals surface area contributed by atoms with Gasteiger partial charge in [0.1, 0.15) is 0 Å². The van der Waals surface area contributed by atoms with Crippen LogP contribution in [-0.4, -0.2) is 9.97 Å². The summed E-state index contributed by atoms with van der Waals surface area (Å²) in [4.78, 5) is 8.06. The van der Waals surface area contributed by atoms with E-state index in [9.17, 15) is 0 Å². The lowest BCUT2D eigenvalue weighted by atomic mass is 10.1. The zero-order chi connectivity index (χ0) is 11.4. The van der Waals surface area contributed by atoms with Gasteiger partial charge in [-0.05, 0) is 12.1 Å². The van der Waals surface area contributed by atoms with E-state index in [0.29, 0.717) is 10.7 Å². The minimum Gasteiger partial charge on any atom is -0.261 e. The smallest absolute Gasteiger partial charge is 0.236 e. The number of nitrogens with zero attached hydrogens (tertiary/aromatic N) is 3. The lowest BCUT2D eigenvalue weighted by Gasteiger charge is -2.03. The van der Waals surface area contributed by atoms with Crippen LogP contribution in [0.4, 0.5) is 5.95 Å². The Labute approximate surface area is 97.5 Å². The lowest BCUT2D eigenvalue weighted by Crippen LogP contribution is -1.96. The van der Waals surface area contributed by atoms with Gasteiger partial charge in [0.05, 0.1) is 5.69 Å². The summed E-state index contributed by atoms with van der Waals surface area (Å²) in [5.74, 6) is 0.264. The number of aromatic nitrogens is 2. The fourth-order valence-electron chi connectivity index (χ4n) is 1.29. The van der Waals surface area contributed by atoms with Crippen molar-refractivity contribution in [2.75, 3.05) is 5.32 Å². The Morgan fingerprint density at radius 3 is 2.81 bits per heavy atom. The van der Waals surface area contributed by atoms with Gasteiger partial charge in [-0.3, -0.25) is 5.32 Å². The number of anilines is 1. The second-order valence-corrected chi connectivity index (χ2v) is 3.39. The SMILES string of the molecule is N#CNc1nccc(-c2ccccc2Cl)n1. The third kappa shape index (κ3) is 2.10. The van der Waals surface area contributed by atoms with Crippen LogP contribution in [0.25, 0.3) is 11.3 Å². The van der Waals surface area contributed by atoms with E-state index in [1.165, 1.54) is 0 Å². The minimum absolute atomic E-state index is 0.264. The number of benzene rings is 1. The zero-order valence-corrected chi connectivity index (χ0v) is 8.94. The van der Waals surface area contributed by atoms with Crippen molar-refractivity contribution < 1.29 is 0 Å². The Hall–Kier alpha value is -2.12. The van der Waals surface area contributed by atoms with E-state index >= 15 is 0 Å². The maximum atomic E-state index is 8.47. The molecule has 1 aromatic heterocycles. The van der Waals surface area contributed by atoms with E-state index in [1.807, 2.05) is 18.2 Å². The van der Waals surface area contributed by atoms with Gasteiger partial charge in [0.25, 0.3) is 0 Å². The van der Waals surface area contributed by atoms with Crippen LogP contribution >= 0.6 is 11.6 Å². The molecule has 2 rings (SSSR count). The lowest BCUT2D eigenvalue weighted by molar-refractivity contribution is 1.17. The third-order valence-corrected chi connectivity index (χ3v) is 2.30. The molecule has 2 aromatic rings. The van der Waals surface area contributed by atoms with E-state index in [0.717, 1.165) is 5.56 Å². The summed E-state index contributed by atoms with van der Waals surface area (Å²) in [6.45, 7) is 0. The molecule has 0 aliphatic heterocycles. The Bertz CT molecular complexity index is 548. The number of nitriles is 1. The largest absolute Gasteiger partial charge is 0.261 e. The first-order valence-electron chi connectivity index (χ1n) is 4.54. The van der Waals surface area contributed by atoms with E-state index in [2.05, 4.69) is 15.3 Å². The molecule has 4 nitrogen and oxygen atoms in total. The second kappa shape index (κ2) is 4.60. The van der Waals surface area contributed by atoms with Crippen LogP contribution in [0.5, 0.6) is 0 Å². The van der Waals surface area contributed by atoms with Crippen molar-refractivity contribution in [3.8, 4) is 17.5 Å². The van der Waals surface area contributed by atoms with E-state index < -0.39 is 0 Å². The Morgan fingerprint density at radius 2 is 2.06 bits per heavy atom. The van der Waals surface area contributed by atoms with Crippen LogP contribution in [0.15, 0.2) is 36.5 Å². The highest BCUT2D eigenvalue weighted by atomic mass is 35.5. The maximum Gasteiger partial charge on any atom is 0.236 e. The molecule has 0 saturated heterocycles. The van der Waals surface area contributed by atoms with Crippen LogP contribution in [-0.2, 0) is 0 Å². The van der Waals surface area contributed by atoms with Crippen molar-refractivity contribution in [3.63, 3.8) is 0 Å². The van der Waals surface area contributed by atoms with Gasteiger partial charge in [0.2, 0.25) is 5.95 Å². The Balaban J connectivity index is 2.45. The van der Waals surface area contributed by atoms with Gasteiger partial charge in [0.15, 0.2) is 6.19 Å². The zero-order valence-electron chi connectivity index (χ0n) is 8.18.